The van der Waals surface area contributed by atoms with E-state index in [0.717, 1.165) is 39.7 Å². The zero-order chi connectivity index (χ0) is 19.1. The van der Waals surface area contributed by atoms with Crippen LogP contribution in [-0.4, -0.2) is 27.4 Å². The molecule has 2 aromatic carbocycles. The second kappa shape index (κ2) is 6.53. The lowest BCUT2D eigenvalue weighted by atomic mass is 9.86. The molecule has 1 aliphatic heterocycles. The van der Waals surface area contributed by atoms with Gasteiger partial charge in [-0.15, -0.1) is 0 Å². The Bertz CT molecular complexity index is 1170. The van der Waals surface area contributed by atoms with Crippen molar-refractivity contribution < 1.29 is 4.79 Å². The molecule has 0 saturated carbocycles. The average Bonchev–Trinajstić information content (AvgIpc) is 3.17. The maximum absolute atomic E-state index is 12.2. The highest BCUT2D eigenvalue weighted by Crippen LogP contribution is 2.39. The van der Waals surface area contributed by atoms with E-state index in [1.807, 2.05) is 42.6 Å². The Morgan fingerprint density at radius 2 is 1.93 bits per heavy atom. The minimum Gasteiger partial charge on any atom is -0.361 e. The van der Waals surface area contributed by atoms with Gasteiger partial charge in [0.25, 0.3) is 0 Å². The van der Waals surface area contributed by atoms with E-state index in [9.17, 15) is 4.79 Å². The topological polar surface area (TPSA) is 75.0 Å². The first-order valence-corrected chi connectivity index (χ1v) is 9.38. The molecule has 0 radical (unpaired) electrons. The van der Waals surface area contributed by atoms with E-state index < -0.39 is 6.03 Å². The number of benzene rings is 2. The van der Waals surface area contributed by atoms with Crippen LogP contribution in [0.25, 0.3) is 22.2 Å². The SMILES string of the molecule is NC(=O)N1CCc2cc(-c3ccccn3)ccc2C1c1c[nH]c2ccccc12. The van der Waals surface area contributed by atoms with Crippen molar-refractivity contribution in [2.24, 2.45) is 5.73 Å². The van der Waals surface area contributed by atoms with Crippen LogP contribution >= 0.6 is 0 Å². The maximum Gasteiger partial charge on any atom is 0.315 e. The Morgan fingerprint density at radius 3 is 2.75 bits per heavy atom. The van der Waals surface area contributed by atoms with Crippen LogP contribution in [0.1, 0.15) is 22.7 Å². The van der Waals surface area contributed by atoms with E-state index in [1.165, 1.54) is 5.56 Å². The number of para-hydroxylation sites is 1. The van der Waals surface area contributed by atoms with Gasteiger partial charge in [0.2, 0.25) is 0 Å². The summed E-state index contributed by atoms with van der Waals surface area (Å²) in [4.78, 5) is 21.8. The standard InChI is InChI=1S/C23H20N4O/c24-23(28)27-12-10-15-13-16(20-6-3-4-11-25-20)8-9-17(15)22(27)19-14-26-21-7-2-1-5-18(19)21/h1-9,11,13-14,22,26H,10,12H2,(H2,24,28). The largest absolute Gasteiger partial charge is 0.361 e. The fourth-order valence-electron chi connectivity index (χ4n) is 4.21. The summed E-state index contributed by atoms with van der Waals surface area (Å²) in [6.45, 7) is 0.595. The fourth-order valence-corrected chi connectivity index (χ4v) is 4.21. The monoisotopic (exact) mass is 368 g/mol. The van der Waals surface area contributed by atoms with Crippen molar-refractivity contribution in [3.8, 4) is 11.3 Å². The number of hydrogen-bond donors (Lipinski definition) is 2. The summed E-state index contributed by atoms with van der Waals surface area (Å²) in [6, 6.07) is 19.8. The van der Waals surface area contributed by atoms with Crippen molar-refractivity contribution in [3.05, 3.63) is 89.7 Å². The normalized spacial score (nSPS) is 16.1. The van der Waals surface area contributed by atoms with Crippen molar-refractivity contribution in [1.29, 1.82) is 0 Å². The van der Waals surface area contributed by atoms with Crippen LogP contribution in [0.15, 0.2) is 73.1 Å². The Hall–Kier alpha value is -3.60. The van der Waals surface area contributed by atoms with Gasteiger partial charge in [-0.05, 0) is 41.8 Å². The molecule has 2 aromatic heterocycles. The predicted octanol–water partition coefficient (Wildman–Crippen LogP) is 4.26. The molecule has 0 aliphatic carbocycles. The number of H-pyrrole nitrogens is 1. The number of carbonyl (C=O) groups excluding carboxylic acids is 1. The predicted molar refractivity (Wildman–Crippen MR) is 110 cm³/mol. The van der Waals surface area contributed by atoms with Gasteiger partial charge in [-0.25, -0.2) is 4.79 Å². The summed E-state index contributed by atoms with van der Waals surface area (Å²) in [5, 5.41) is 1.11. The zero-order valence-corrected chi connectivity index (χ0v) is 15.3. The molecule has 28 heavy (non-hydrogen) atoms. The molecule has 4 aromatic rings. The summed E-state index contributed by atoms with van der Waals surface area (Å²) in [6.07, 6.45) is 4.57. The van der Waals surface area contributed by atoms with Crippen molar-refractivity contribution in [1.82, 2.24) is 14.9 Å². The number of pyridine rings is 1. The highest BCUT2D eigenvalue weighted by Gasteiger charge is 2.32. The van der Waals surface area contributed by atoms with Gasteiger partial charge in [0, 0.05) is 41.0 Å². The number of rotatable bonds is 2. The molecule has 0 spiro atoms. The number of hydrogen-bond acceptors (Lipinski definition) is 2. The number of nitrogens with zero attached hydrogens (tertiary/aromatic N) is 2. The first kappa shape index (κ1) is 16.6. The molecule has 0 bridgehead atoms. The second-order valence-electron chi connectivity index (χ2n) is 7.10. The van der Waals surface area contributed by atoms with Gasteiger partial charge in [0.15, 0.2) is 0 Å². The molecule has 3 heterocycles. The van der Waals surface area contributed by atoms with Gasteiger partial charge in [0.1, 0.15) is 0 Å². The molecule has 0 fully saturated rings. The third-order valence-corrected chi connectivity index (χ3v) is 5.53. The van der Waals surface area contributed by atoms with Gasteiger partial charge in [0.05, 0.1) is 11.7 Å². The number of aromatic amines is 1. The van der Waals surface area contributed by atoms with Crippen LogP contribution in [0.2, 0.25) is 0 Å². The van der Waals surface area contributed by atoms with Crippen molar-refractivity contribution in [2.45, 2.75) is 12.5 Å². The minimum atomic E-state index is -0.394. The number of aromatic nitrogens is 2. The molecule has 5 rings (SSSR count). The summed E-state index contributed by atoms with van der Waals surface area (Å²) >= 11 is 0. The van der Waals surface area contributed by atoms with E-state index in [0.29, 0.717) is 6.54 Å². The summed E-state index contributed by atoms with van der Waals surface area (Å²) < 4.78 is 0. The van der Waals surface area contributed by atoms with Gasteiger partial charge in [-0.2, -0.15) is 0 Å². The van der Waals surface area contributed by atoms with Crippen molar-refractivity contribution in [2.75, 3.05) is 6.54 Å². The molecule has 138 valence electrons. The van der Waals surface area contributed by atoms with Gasteiger partial charge in [-0.1, -0.05) is 36.4 Å². The van der Waals surface area contributed by atoms with Gasteiger partial charge < -0.3 is 15.6 Å². The number of nitrogens with two attached hydrogens (primary N) is 1. The minimum absolute atomic E-state index is 0.199. The third-order valence-electron chi connectivity index (χ3n) is 5.53. The number of amides is 2. The van der Waals surface area contributed by atoms with E-state index in [4.69, 9.17) is 5.73 Å². The molecule has 1 aliphatic rings. The molecule has 2 amide bonds. The number of primary amides is 1. The highest BCUT2D eigenvalue weighted by molar-refractivity contribution is 5.85. The molecule has 1 unspecified atom stereocenters. The van der Waals surface area contributed by atoms with Gasteiger partial charge >= 0.3 is 6.03 Å². The Morgan fingerprint density at radius 1 is 1.07 bits per heavy atom. The molecule has 3 N–H and O–H groups in total. The highest BCUT2D eigenvalue weighted by atomic mass is 16.2. The van der Waals surface area contributed by atoms with Crippen LogP contribution in [0, 0.1) is 0 Å². The number of carbonyl (C=O) groups is 1. The van der Waals surface area contributed by atoms with Crippen molar-refractivity contribution in [3.63, 3.8) is 0 Å². The summed E-state index contributed by atoms with van der Waals surface area (Å²) in [7, 11) is 0. The number of nitrogens with one attached hydrogen (secondary N) is 1. The van der Waals surface area contributed by atoms with E-state index in [-0.39, 0.29) is 6.04 Å². The molecule has 5 nitrogen and oxygen atoms in total. The first-order chi connectivity index (χ1) is 13.7. The van der Waals surface area contributed by atoms with E-state index in [1.54, 1.807) is 11.1 Å². The van der Waals surface area contributed by atoms with E-state index in [2.05, 4.69) is 34.2 Å². The van der Waals surface area contributed by atoms with Crippen molar-refractivity contribution >= 4 is 16.9 Å². The first-order valence-electron chi connectivity index (χ1n) is 9.38. The summed E-state index contributed by atoms with van der Waals surface area (Å²) in [5.41, 5.74) is 12.3. The lowest BCUT2D eigenvalue weighted by molar-refractivity contribution is 0.190. The van der Waals surface area contributed by atoms with E-state index >= 15 is 0 Å². The van der Waals surface area contributed by atoms with Crippen LogP contribution in [0.5, 0.6) is 0 Å². The zero-order valence-electron chi connectivity index (χ0n) is 15.3. The van der Waals surface area contributed by atoms with Gasteiger partial charge in [-0.3, -0.25) is 4.98 Å². The maximum atomic E-state index is 12.2. The molecular formula is C23H20N4O. The van der Waals surface area contributed by atoms with Crippen LogP contribution in [-0.2, 0) is 6.42 Å². The van der Waals surface area contributed by atoms with Crippen LogP contribution in [0.3, 0.4) is 0 Å². The molecule has 5 heteroatoms. The molecule has 1 atom stereocenters. The Balaban J connectivity index is 1.66. The number of urea groups is 1. The molecular weight excluding hydrogens is 348 g/mol. The second-order valence-corrected chi connectivity index (χ2v) is 7.10. The van der Waals surface area contributed by atoms with Crippen LogP contribution < -0.4 is 5.73 Å². The fraction of sp³-hybridized carbons (Fsp3) is 0.130. The Kier molecular flexibility index (Phi) is 3.86. The number of fused-ring (bicyclic) bond motifs is 2. The smallest absolute Gasteiger partial charge is 0.315 e. The third kappa shape index (κ3) is 2.63. The molecule has 0 saturated heterocycles. The quantitative estimate of drug-likeness (QED) is 0.555. The summed E-state index contributed by atoms with van der Waals surface area (Å²) in [5.74, 6) is 0. The Labute approximate surface area is 162 Å². The lowest BCUT2D eigenvalue weighted by Crippen LogP contribution is -2.43. The lowest BCUT2D eigenvalue weighted by Gasteiger charge is -2.36. The average molecular weight is 368 g/mol. The van der Waals surface area contributed by atoms with Crippen LogP contribution in [0.4, 0.5) is 4.79 Å².